The van der Waals surface area contributed by atoms with E-state index in [0.717, 1.165) is 24.8 Å². The van der Waals surface area contributed by atoms with E-state index in [1.54, 1.807) is 0 Å². The van der Waals surface area contributed by atoms with E-state index in [1.165, 1.54) is 5.57 Å². The fourth-order valence-electron chi connectivity index (χ4n) is 3.30. The largest absolute Gasteiger partial charge is 0.228 e. The predicted octanol–water partition coefficient (Wildman–Crippen LogP) is 2.77. The van der Waals surface area contributed by atoms with E-state index in [0.29, 0.717) is 18.4 Å². The van der Waals surface area contributed by atoms with Gasteiger partial charge in [-0.15, -0.1) is 0 Å². The number of allylic oxidation sites excluding steroid dienone is 1. The molecular formula is C16H17NO2S. The van der Waals surface area contributed by atoms with Gasteiger partial charge in [0.05, 0.1) is 22.1 Å². The van der Waals surface area contributed by atoms with Crippen molar-refractivity contribution in [3.05, 3.63) is 47.0 Å². The number of hydrogen-bond acceptors (Lipinski definition) is 3. The van der Waals surface area contributed by atoms with Crippen LogP contribution >= 0.6 is 0 Å². The molecule has 1 aromatic carbocycles. The molecule has 3 nitrogen and oxygen atoms in total. The Morgan fingerprint density at radius 3 is 2.80 bits per heavy atom. The third-order valence-electron chi connectivity index (χ3n) is 4.37. The standard InChI is InChI=1S/C16H17NO2S/c17-11-14-5-2-1-4-13(14)8-12-9-15-6-3-7-16(10-12)20(15,18)19/h1-2,4-5,9,15-16H,3,6-8,10H2. The maximum atomic E-state index is 12.2. The van der Waals surface area contributed by atoms with Gasteiger partial charge in [-0.3, -0.25) is 0 Å². The van der Waals surface area contributed by atoms with Crippen molar-refractivity contribution < 1.29 is 8.42 Å². The Morgan fingerprint density at radius 2 is 2.05 bits per heavy atom. The molecular weight excluding hydrogens is 270 g/mol. The summed E-state index contributed by atoms with van der Waals surface area (Å²) in [5, 5.41) is 8.64. The lowest BCUT2D eigenvalue weighted by Gasteiger charge is -2.33. The van der Waals surface area contributed by atoms with Crippen molar-refractivity contribution in [2.45, 2.75) is 42.6 Å². The lowest BCUT2D eigenvalue weighted by Crippen LogP contribution is -2.39. The molecule has 0 radical (unpaired) electrons. The molecule has 1 fully saturated rings. The van der Waals surface area contributed by atoms with Crippen molar-refractivity contribution in [2.24, 2.45) is 0 Å². The highest BCUT2D eigenvalue weighted by Gasteiger charge is 2.40. The van der Waals surface area contributed by atoms with E-state index >= 15 is 0 Å². The Labute approximate surface area is 119 Å². The minimum Gasteiger partial charge on any atom is -0.228 e. The normalized spacial score (nSPS) is 27.4. The van der Waals surface area contributed by atoms with Crippen LogP contribution in [0.1, 0.15) is 36.8 Å². The minimum absolute atomic E-state index is 0.199. The smallest absolute Gasteiger partial charge is 0.159 e. The molecule has 0 aliphatic carbocycles. The summed E-state index contributed by atoms with van der Waals surface area (Å²) in [6, 6.07) is 9.76. The van der Waals surface area contributed by atoms with Crippen molar-refractivity contribution in [1.29, 1.82) is 5.26 Å². The number of sulfone groups is 1. The molecule has 2 atom stereocenters. The van der Waals surface area contributed by atoms with Crippen LogP contribution < -0.4 is 0 Å². The van der Waals surface area contributed by atoms with Gasteiger partial charge in [-0.1, -0.05) is 36.3 Å². The first-order valence-corrected chi connectivity index (χ1v) is 8.62. The molecule has 1 aromatic rings. The summed E-state index contributed by atoms with van der Waals surface area (Å²) in [5.41, 5.74) is 2.86. The summed E-state index contributed by atoms with van der Waals surface area (Å²) in [6.45, 7) is 0. The van der Waals surface area contributed by atoms with Crippen LogP contribution in [0.5, 0.6) is 0 Å². The maximum absolute atomic E-state index is 12.2. The first-order chi connectivity index (χ1) is 9.61. The number of hydrogen-bond donors (Lipinski definition) is 0. The number of nitrogens with zero attached hydrogens (tertiary/aromatic N) is 1. The van der Waals surface area contributed by atoms with E-state index in [1.807, 2.05) is 30.3 Å². The van der Waals surface area contributed by atoms with Crippen molar-refractivity contribution in [1.82, 2.24) is 0 Å². The average Bonchev–Trinajstić information content (AvgIpc) is 2.40. The second-order valence-corrected chi connectivity index (χ2v) is 8.11. The lowest BCUT2D eigenvalue weighted by atomic mass is 9.92. The first-order valence-electron chi connectivity index (χ1n) is 7.01. The predicted molar refractivity (Wildman–Crippen MR) is 77.9 cm³/mol. The molecule has 0 saturated carbocycles. The molecule has 0 amide bonds. The molecule has 2 aliphatic rings. The molecule has 3 rings (SSSR count). The fourth-order valence-corrected chi connectivity index (χ4v) is 5.61. The van der Waals surface area contributed by atoms with E-state index in [4.69, 9.17) is 5.26 Å². The van der Waals surface area contributed by atoms with Crippen LogP contribution in [0.2, 0.25) is 0 Å². The summed E-state index contributed by atoms with van der Waals surface area (Å²) in [7, 11) is -2.95. The van der Waals surface area contributed by atoms with Gasteiger partial charge in [-0.25, -0.2) is 8.42 Å². The molecule has 1 saturated heterocycles. The van der Waals surface area contributed by atoms with Crippen LogP contribution in [0.4, 0.5) is 0 Å². The quantitative estimate of drug-likeness (QED) is 0.786. The highest BCUT2D eigenvalue weighted by molar-refractivity contribution is 7.92. The van der Waals surface area contributed by atoms with Crippen molar-refractivity contribution in [3.8, 4) is 6.07 Å². The minimum atomic E-state index is -2.95. The number of nitriles is 1. The Bertz CT molecular complexity index is 697. The van der Waals surface area contributed by atoms with Crippen molar-refractivity contribution in [2.75, 3.05) is 0 Å². The molecule has 0 spiro atoms. The van der Waals surface area contributed by atoms with Crippen LogP contribution in [0.25, 0.3) is 0 Å². The topological polar surface area (TPSA) is 57.9 Å². The summed E-state index contributed by atoms with van der Waals surface area (Å²) < 4.78 is 24.4. The zero-order valence-electron chi connectivity index (χ0n) is 11.2. The Balaban J connectivity index is 1.90. The second kappa shape index (κ2) is 5.06. The molecule has 2 unspecified atom stereocenters. The molecule has 2 heterocycles. The summed E-state index contributed by atoms with van der Waals surface area (Å²) in [6.07, 6.45) is 5.83. The van der Waals surface area contributed by atoms with Gasteiger partial charge in [0.25, 0.3) is 0 Å². The zero-order chi connectivity index (χ0) is 14.2. The molecule has 0 N–H and O–H groups in total. The Morgan fingerprint density at radius 1 is 1.25 bits per heavy atom. The van der Waals surface area contributed by atoms with Crippen molar-refractivity contribution in [3.63, 3.8) is 0 Å². The summed E-state index contributed by atoms with van der Waals surface area (Å²) >= 11 is 0. The van der Waals surface area contributed by atoms with E-state index in [2.05, 4.69) is 6.07 Å². The number of rotatable bonds is 2. The zero-order valence-corrected chi connectivity index (χ0v) is 12.1. The number of benzene rings is 1. The molecule has 2 bridgehead atoms. The van der Waals surface area contributed by atoms with E-state index in [-0.39, 0.29) is 10.5 Å². The van der Waals surface area contributed by atoms with E-state index in [9.17, 15) is 8.42 Å². The molecule has 0 aromatic heterocycles. The van der Waals surface area contributed by atoms with Crippen molar-refractivity contribution >= 4 is 9.84 Å². The monoisotopic (exact) mass is 287 g/mol. The first kappa shape index (κ1) is 13.4. The molecule has 20 heavy (non-hydrogen) atoms. The highest BCUT2D eigenvalue weighted by Crippen LogP contribution is 2.36. The van der Waals surface area contributed by atoms with Crippen LogP contribution in [-0.2, 0) is 16.3 Å². The molecule has 4 heteroatoms. The Kier molecular flexibility index (Phi) is 3.39. The SMILES string of the molecule is N#Cc1ccccc1CC1=CC2CCCC(C1)S2(=O)=O. The average molecular weight is 287 g/mol. The van der Waals surface area contributed by atoms with Crippen LogP contribution in [0.15, 0.2) is 35.9 Å². The van der Waals surface area contributed by atoms with Gasteiger partial charge in [0.1, 0.15) is 0 Å². The van der Waals surface area contributed by atoms with Crippen LogP contribution in [-0.4, -0.2) is 18.9 Å². The second-order valence-electron chi connectivity index (χ2n) is 5.66. The van der Waals surface area contributed by atoms with Gasteiger partial charge in [0.2, 0.25) is 0 Å². The summed E-state index contributed by atoms with van der Waals surface area (Å²) in [4.78, 5) is 0. The lowest BCUT2D eigenvalue weighted by molar-refractivity contribution is 0.507. The third-order valence-corrected chi connectivity index (χ3v) is 6.92. The maximum Gasteiger partial charge on any atom is 0.159 e. The number of fused-ring (bicyclic) bond motifs is 2. The van der Waals surface area contributed by atoms with Gasteiger partial charge >= 0.3 is 0 Å². The highest BCUT2D eigenvalue weighted by atomic mass is 32.2. The van der Waals surface area contributed by atoms with Gasteiger partial charge in [-0.05, 0) is 37.3 Å². The van der Waals surface area contributed by atoms with Gasteiger partial charge in [-0.2, -0.15) is 5.26 Å². The fraction of sp³-hybridized carbons (Fsp3) is 0.438. The van der Waals surface area contributed by atoms with Gasteiger partial charge in [0, 0.05) is 0 Å². The molecule has 2 aliphatic heterocycles. The van der Waals surface area contributed by atoms with E-state index < -0.39 is 9.84 Å². The summed E-state index contributed by atoms with van der Waals surface area (Å²) in [5.74, 6) is 0. The van der Waals surface area contributed by atoms with Crippen LogP contribution in [0.3, 0.4) is 0 Å². The van der Waals surface area contributed by atoms with Gasteiger partial charge in [0.15, 0.2) is 9.84 Å². The van der Waals surface area contributed by atoms with Crippen LogP contribution in [0, 0.1) is 11.3 Å². The van der Waals surface area contributed by atoms with Gasteiger partial charge < -0.3 is 0 Å². The third kappa shape index (κ3) is 2.27. The molecule has 104 valence electrons. The Hall–Kier alpha value is -1.60.